The van der Waals surface area contributed by atoms with Crippen molar-refractivity contribution in [3.05, 3.63) is 35.9 Å². The van der Waals surface area contributed by atoms with Gasteiger partial charge in [0.05, 0.1) is 31.7 Å². The Morgan fingerprint density at radius 1 is 0.708 bits per heavy atom. The molecule has 1 aliphatic rings. The quantitative estimate of drug-likeness (QED) is 0.0390. The standard InChI is InChI=1S/C40H61N11O14/c1-19(2)31(50-37(62)26(16-28(41)54)49-40(65)32(21(4)53)51-35(60)23-11-8-14-43-23)39(64)44-17-29(55)46-27(18-52)38(63)47-24(12-13-30(56)57)36(61)45-20(3)34(59)48-25(33(42)58)15-22-9-6-5-7-10-22/h5-7,9-10,19-21,23-27,31-32,43,52-53H,8,11-18H2,1-4H3,(H2,41,54)(H2,42,58)(H,44,64)(H,45,61)(H,46,55)(H,47,63)(H,48,59)(H,49,65)(H,50,62)(H,51,60)(H,56,57)/t20-,21+,23-,24-,25-,26-,27-,31-,32-/m0/s1. The summed E-state index contributed by atoms with van der Waals surface area (Å²) in [5.74, 6) is -11.6. The van der Waals surface area contributed by atoms with Crippen LogP contribution in [-0.4, -0.2) is 154 Å². The molecule has 2 rings (SSSR count). The van der Waals surface area contributed by atoms with Crippen LogP contribution in [0.4, 0.5) is 0 Å². The van der Waals surface area contributed by atoms with Gasteiger partial charge in [-0.1, -0.05) is 44.2 Å². The smallest absolute Gasteiger partial charge is 0.303 e. The molecular weight excluding hydrogens is 859 g/mol. The molecule has 1 aliphatic heterocycles. The van der Waals surface area contributed by atoms with Crippen LogP contribution in [0.2, 0.25) is 0 Å². The van der Waals surface area contributed by atoms with Crippen molar-refractivity contribution in [1.82, 2.24) is 47.9 Å². The molecule has 1 fully saturated rings. The molecule has 360 valence electrons. The minimum absolute atomic E-state index is 0.0433. The van der Waals surface area contributed by atoms with Crippen LogP contribution in [-0.2, 0) is 59.2 Å². The molecule has 16 N–H and O–H groups in total. The van der Waals surface area contributed by atoms with Crippen LogP contribution in [0, 0.1) is 5.92 Å². The highest BCUT2D eigenvalue weighted by atomic mass is 16.4. The molecule has 0 aliphatic carbocycles. The highest BCUT2D eigenvalue weighted by Crippen LogP contribution is 2.09. The summed E-state index contributed by atoms with van der Waals surface area (Å²) >= 11 is 0. The number of nitrogens with two attached hydrogens (primary N) is 2. The molecule has 10 amide bonds. The summed E-state index contributed by atoms with van der Waals surface area (Å²) in [6, 6.07) is -2.46. The van der Waals surface area contributed by atoms with Gasteiger partial charge in [-0.3, -0.25) is 52.7 Å². The van der Waals surface area contributed by atoms with Crippen LogP contribution in [0.15, 0.2) is 30.3 Å². The Labute approximate surface area is 374 Å². The van der Waals surface area contributed by atoms with E-state index in [1.54, 1.807) is 30.3 Å². The van der Waals surface area contributed by atoms with E-state index in [1.807, 2.05) is 0 Å². The third-order valence-electron chi connectivity index (χ3n) is 9.96. The number of carboxylic acid groups (broad SMARTS) is 1. The van der Waals surface area contributed by atoms with Gasteiger partial charge in [0.1, 0.15) is 42.3 Å². The van der Waals surface area contributed by atoms with E-state index in [-0.39, 0.29) is 6.42 Å². The average Bonchev–Trinajstić information content (AvgIpc) is 3.79. The number of carbonyl (C=O) groups is 11. The van der Waals surface area contributed by atoms with Crippen LogP contribution < -0.4 is 59.3 Å². The van der Waals surface area contributed by atoms with Gasteiger partial charge in [0.25, 0.3) is 0 Å². The van der Waals surface area contributed by atoms with Gasteiger partial charge in [0.15, 0.2) is 0 Å². The molecule has 0 saturated carbocycles. The molecule has 0 bridgehead atoms. The Kier molecular flexibility index (Phi) is 22.4. The fraction of sp³-hybridized carbons (Fsp3) is 0.575. The van der Waals surface area contributed by atoms with Crippen molar-refractivity contribution >= 4 is 65.0 Å². The summed E-state index contributed by atoms with van der Waals surface area (Å²) in [6.07, 6.45) is -2.07. The lowest BCUT2D eigenvalue weighted by atomic mass is 10.0. The first kappa shape index (κ1) is 54.4. The lowest BCUT2D eigenvalue weighted by Gasteiger charge is -2.27. The molecule has 25 heteroatoms. The van der Waals surface area contributed by atoms with Crippen molar-refractivity contribution in [2.75, 3.05) is 19.7 Å². The van der Waals surface area contributed by atoms with Gasteiger partial charge in [-0.15, -0.1) is 0 Å². The molecule has 0 radical (unpaired) electrons. The maximum absolute atomic E-state index is 13.4. The minimum atomic E-state index is -1.75. The molecule has 1 saturated heterocycles. The largest absolute Gasteiger partial charge is 0.481 e. The number of rotatable bonds is 27. The van der Waals surface area contributed by atoms with Gasteiger partial charge < -0.3 is 74.6 Å². The number of hydrogen-bond donors (Lipinski definition) is 14. The van der Waals surface area contributed by atoms with Crippen molar-refractivity contribution in [2.24, 2.45) is 17.4 Å². The second kappa shape index (κ2) is 26.8. The van der Waals surface area contributed by atoms with Crippen LogP contribution in [0.3, 0.4) is 0 Å². The van der Waals surface area contributed by atoms with Gasteiger partial charge in [-0.2, -0.15) is 0 Å². The summed E-state index contributed by atoms with van der Waals surface area (Å²) in [6.45, 7) is 4.22. The normalized spacial score (nSPS) is 16.9. The van der Waals surface area contributed by atoms with Crippen LogP contribution in [0.1, 0.15) is 65.4 Å². The molecule has 25 nitrogen and oxygen atoms in total. The van der Waals surface area contributed by atoms with E-state index < -0.39 is 158 Å². The monoisotopic (exact) mass is 919 g/mol. The van der Waals surface area contributed by atoms with Crippen molar-refractivity contribution in [3.63, 3.8) is 0 Å². The third kappa shape index (κ3) is 18.9. The summed E-state index contributed by atoms with van der Waals surface area (Å²) in [5.41, 5.74) is 11.5. The van der Waals surface area contributed by atoms with E-state index in [4.69, 9.17) is 11.5 Å². The van der Waals surface area contributed by atoms with E-state index in [2.05, 4.69) is 47.9 Å². The number of carbonyl (C=O) groups excluding carboxylic acids is 10. The lowest BCUT2D eigenvalue weighted by molar-refractivity contribution is -0.138. The fourth-order valence-electron chi connectivity index (χ4n) is 6.30. The summed E-state index contributed by atoms with van der Waals surface area (Å²) in [5, 5.41) is 50.8. The molecule has 1 aromatic rings. The van der Waals surface area contributed by atoms with Crippen LogP contribution in [0.5, 0.6) is 0 Å². The van der Waals surface area contributed by atoms with Gasteiger partial charge in [-0.25, -0.2) is 0 Å². The molecule has 1 aromatic carbocycles. The van der Waals surface area contributed by atoms with E-state index >= 15 is 0 Å². The maximum atomic E-state index is 13.4. The highest BCUT2D eigenvalue weighted by Gasteiger charge is 2.35. The first-order chi connectivity index (χ1) is 30.5. The first-order valence-electron chi connectivity index (χ1n) is 20.8. The zero-order valence-corrected chi connectivity index (χ0v) is 36.5. The SMILES string of the molecule is CC(C)[C@H](NC(=O)[C@H](CC(N)=O)NC(=O)[C@@H](NC(=O)[C@@H]1CCCN1)[C@@H](C)O)C(=O)NCC(=O)N[C@@H](CO)C(=O)N[C@@H](CCC(=O)O)C(=O)N[C@@H](C)C(=O)N[C@@H](Cc1ccccc1)C(N)=O. The highest BCUT2D eigenvalue weighted by molar-refractivity contribution is 5.98. The predicted molar refractivity (Wildman–Crippen MR) is 227 cm³/mol. The predicted octanol–water partition coefficient (Wildman–Crippen LogP) is -6.23. The van der Waals surface area contributed by atoms with E-state index in [9.17, 15) is 68.1 Å². The van der Waals surface area contributed by atoms with E-state index in [0.717, 1.165) is 0 Å². The van der Waals surface area contributed by atoms with E-state index in [0.29, 0.717) is 24.9 Å². The van der Waals surface area contributed by atoms with Gasteiger partial charge in [0, 0.05) is 12.8 Å². The summed E-state index contributed by atoms with van der Waals surface area (Å²) in [7, 11) is 0. The van der Waals surface area contributed by atoms with Crippen molar-refractivity contribution in [2.45, 2.75) is 121 Å². The third-order valence-corrected chi connectivity index (χ3v) is 9.96. The zero-order valence-electron chi connectivity index (χ0n) is 36.5. The maximum Gasteiger partial charge on any atom is 0.303 e. The lowest BCUT2D eigenvalue weighted by Crippen LogP contribution is -2.61. The second-order valence-electron chi connectivity index (χ2n) is 15.7. The topological polar surface area (TPSA) is 409 Å². The first-order valence-corrected chi connectivity index (χ1v) is 20.8. The number of amides is 10. The molecule has 65 heavy (non-hydrogen) atoms. The zero-order chi connectivity index (χ0) is 49.0. The molecule has 0 spiro atoms. The summed E-state index contributed by atoms with van der Waals surface area (Å²) in [4.78, 5) is 140. The van der Waals surface area contributed by atoms with Gasteiger partial charge >= 0.3 is 5.97 Å². The Hall–Kier alpha value is -6.73. The fourth-order valence-corrected chi connectivity index (χ4v) is 6.30. The Balaban J connectivity index is 2.06. The Bertz CT molecular complexity index is 1880. The van der Waals surface area contributed by atoms with Crippen molar-refractivity contribution in [3.8, 4) is 0 Å². The van der Waals surface area contributed by atoms with Crippen molar-refractivity contribution in [1.29, 1.82) is 0 Å². The van der Waals surface area contributed by atoms with Crippen LogP contribution >= 0.6 is 0 Å². The number of hydrogen-bond acceptors (Lipinski definition) is 14. The number of carboxylic acids is 1. The minimum Gasteiger partial charge on any atom is -0.481 e. The molecule has 0 aromatic heterocycles. The average molecular weight is 920 g/mol. The molecule has 9 atom stereocenters. The molecule has 1 heterocycles. The second-order valence-corrected chi connectivity index (χ2v) is 15.7. The van der Waals surface area contributed by atoms with Crippen molar-refractivity contribution < 1.29 is 68.1 Å². The van der Waals surface area contributed by atoms with E-state index in [1.165, 1.54) is 27.7 Å². The summed E-state index contributed by atoms with van der Waals surface area (Å²) < 4.78 is 0. The van der Waals surface area contributed by atoms with Gasteiger partial charge in [0.2, 0.25) is 59.1 Å². The van der Waals surface area contributed by atoms with Crippen LogP contribution in [0.25, 0.3) is 0 Å². The number of aliphatic hydroxyl groups excluding tert-OH is 2. The van der Waals surface area contributed by atoms with Gasteiger partial charge in [-0.05, 0) is 51.1 Å². The number of nitrogens with one attached hydrogen (secondary N) is 9. The number of aliphatic hydroxyl groups is 2. The molecule has 0 unspecified atom stereocenters. The number of benzene rings is 1. The number of primary amides is 2. The number of aliphatic carboxylic acids is 1. The molecular formula is C40H61N11O14. The Morgan fingerprint density at radius 2 is 1.31 bits per heavy atom. The Morgan fingerprint density at radius 3 is 1.85 bits per heavy atom.